The summed E-state index contributed by atoms with van der Waals surface area (Å²) in [5, 5.41) is 0. The lowest BCUT2D eigenvalue weighted by molar-refractivity contribution is 0.573. The highest BCUT2D eigenvalue weighted by atomic mass is 32.2. The van der Waals surface area contributed by atoms with Crippen molar-refractivity contribution < 1.29 is 8.42 Å². The Balaban J connectivity index is 2.06. The van der Waals surface area contributed by atoms with Crippen LogP contribution < -0.4 is 10.5 Å². The van der Waals surface area contributed by atoms with Crippen LogP contribution in [0.5, 0.6) is 0 Å². The number of benzene rings is 1. The molecule has 1 aromatic carbocycles. The molecule has 0 unspecified atom stereocenters. The maximum absolute atomic E-state index is 12.1. The predicted molar refractivity (Wildman–Crippen MR) is 79.7 cm³/mol. The van der Waals surface area contributed by atoms with Gasteiger partial charge in [0.2, 0.25) is 10.0 Å². The second-order valence-electron chi connectivity index (χ2n) is 4.09. The van der Waals surface area contributed by atoms with Crippen LogP contribution in [-0.4, -0.2) is 29.5 Å². The van der Waals surface area contributed by atoms with E-state index in [1.54, 1.807) is 35.4 Å². The minimum Gasteiger partial charge on any atom is -0.389 e. The Morgan fingerprint density at radius 3 is 2.90 bits per heavy atom. The second-order valence-corrected chi connectivity index (χ2v) is 6.30. The van der Waals surface area contributed by atoms with Gasteiger partial charge >= 0.3 is 0 Å². The normalized spacial score (nSPS) is 11.4. The van der Waals surface area contributed by atoms with Gasteiger partial charge in [0.25, 0.3) is 0 Å². The maximum atomic E-state index is 12.1. The van der Waals surface area contributed by atoms with Crippen molar-refractivity contribution in [2.24, 2.45) is 5.73 Å². The SMILES string of the molecule is NC(=S)c1cccc(S(=O)(=O)NCCn2ccnc2)c1. The average molecular weight is 310 g/mol. The van der Waals surface area contributed by atoms with E-state index >= 15 is 0 Å². The molecule has 0 fully saturated rings. The molecule has 0 bridgehead atoms. The molecule has 106 valence electrons. The molecular weight excluding hydrogens is 296 g/mol. The van der Waals surface area contributed by atoms with Gasteiger partial charge < -0.3 is 10.3 Å². The Kier molecular flexibility index (Phi) is 4.48. The summed E-state index contributed by atoms with van der Waals surface area (Å²) in [4.78, 5) is 4.20. The third kappa shape index (κ3) is 3.62. The number of aromatic nitrogens is 2. The van der Waals surface area contributed by atoms with Gasteiger partial charge in [0, 0.05) is 31.0 Å². The highest BCUT2D eigenvalue weighted by Crippen LogP contribution is 2.11. The molecule has 20 heavy (non-hydrogen) atoms. The molecule has 0 amide bonds. The fourth-order valence-electron chi connectivity index (χ4n) is 1.63. The van der Waals surface area contributed by atoms with Gasteiger partial charge in [-0.2, -0.15) is 0 Å². The number of rotatable bonds is 6. The van der Waals surface area contributed by atoms with Crippen LogP contribution in [0.25, 0.3) is 0 Å². The fourth-order valence-corrected chi connectivity index (χ4v) is 2.82. The molecule has 8 heteroatoms. The molecule has 0 aliphatic carbocycles. The number of hydrogen-bond donors (Lipinski definition) is 2. The Hall–Kier alpha value is -1.77. The van der Waals surface area contributed by atoms with Crippen LogP contribution in [0.2, 0.25) is 0 Å². The van der Waals surface area contributed by atoms with E-state index in [1.165, 1.54) is 12.1 Å². The largest absolute Gasteiger partial charge is 0.389 e. The zero-order valence-electron chi connectivity index (χ0n) is 10.6. The van der Waals surface area contributed by atoms with E-state index in [9.17, 15) is 8.42 Å². The summed E-state index contributed by atoms with van der Waals surface area (Å²) in [6.45, 7) is 0.782. The zero-order valence-corrected chi connectivity index (χ0v) is 12.2. The summed E-state index contributed by atoms with van der Waals surface area (Å²) in [5.74, 6) is 0. The van der Waals surface area contributed by atoms with E-state index in [4.69, 9.17) is 18.0 Å². The molecule has 0 saturated heterocycles. The van der Waals surface area contributed by atoms with Gasteiger partial charge in [0.1, 0.15) is 4.99 Å². The first-order valence-electron chi connectivity index (χ1n) is 5.84. The number of nitrogens with zero attached hydrogens (tertiary/aromatic N) is 2. The highest BCUT2D eigenvalue weighted by molar-refractivity contribution is 7.89. The molecule has 6 nitrogen and oxygen atoms in total. The van der Waals surface area contributed by atoms with Crippen LogP contribution in [0.15, 0.2) is 47.9 Å². The van der Waals surface area contributed by atoms with Gasteiger partial charge in [-0.15, -0.1) is 0 Å². The van der Waals surface area contributed by atoms with Crippen LogP contribution in [-0.2, 0) is 16.6 Å². The van der Waals surface area contributed by atoms with E-state index in [1.807, 2.05) is 0 Å². The van der Waals surface area contributed by atoms with E-state index in [0.29, 0.717) is 12.1 Å². The molecule has 0 atom stereocenters. The smallest absolute Gasteiger partial charge is 0.240 e. The minimum atomic E-state index is -3.57. The molecule has 1 heterocycles. The maximum Gasteiger partial charge on any atom is 0.240 e. The number of hydrogen-bond acceptors (Lipinski definition) is 4. The second kappa shape index (κ2) is 6.12. The summed E-state index contributed by atoms with van der Waals surface area (Å²) in [6.07, 6.45) is 5.03. The number of thiocarbonyl (C=S) groups is 1. The van der Waals surface area contributed by atoms with Crippen molar-refractivity contribution >= 4 is 27.2 Å². The zero-order chi connectivity index (χ0) is 14.6. The van der Waals surface area contributed by atoms with Crippen molar-refractivity contribution in [3.05, 3.63) is 48.5 Å². The monoisotopic (exact) mass is 310 g/mol. The van der Waals surface area contributed by atoms with Crippen LogP contribution in [0.3, 0.4) is 0 Å². The van der Waals surface area contributed by atoms with E-state index in [-0.39, 0.29) is 16.4 Å². The van der Waals surface area contributed by atoms with Crippen LogP contribution in [0, 0.1) is 0 Å². The Labute approximate surface area is 122 Å². The Morgan fingerprint density at radius 1 is 1.45 bits per heavy atom. The number of nitrogens with two attached hydrogens (primary N) is 1. The van der Waals surface area contributed by atoms with Gasteiger partial charge in [0.15, 0.2) is 0 Å². The Morgan fingerprint density at radius 2 is 2.25 bits per heavy atom. The van der Waals surface area contributed by atoms with Crippen LogP contribution in [0.4, 0.5) is 0 Å². The van der Waals surface area contributed by atoms with Gasteiger partial charge in [-0.05, 0) is 12.1 Å². The minimum absolute atomic E-state index is 0.147. The number of imidazole rings is 1. The fraction of sp³-hybridized carbons (Fsp3) is 0.167. The molecule has 3 N–H and O–H groups in total. The predicted octanol–water partition coefficient (Wildman–Crippen LogP) is 0.496. The van der Waals surface area contributed by atoms with Crippen molar-refractivity contribution in [3.63, 3.8) is 0 Å². The van der Waals surface area contributed by atoms with Gasteiger partial charge in [-0.25, -0.2) is 18.1 Å². The average Bonchev–Trinajstić information content (AvgIpc) is 2.92. The standard InChI is InChI=1S/C12H14N4O2S2/c13-12(19)10-2-1-3-11(8-10)20(17,18)15-5-7-16-6-4-14-9-16/h1-4,6,8-9,15H,5,7H2,(H2,13,19). The van der Waals surface area contributed by atoms with Gasteiger partial charge in [-0.3, -0.25) is 0 Å². The van der Waals surface area contributed by atoms with E-state index < -0.39 is 10.0 Å². The van der Waals surface area contributed by atoms with Crippen molar-refractivity contribution in [1.82, 2.24) is 14.3 Å². The highest BCUT2D eigenvalue weighted by Gasteiger charge is 2.14. The summed E-state index contributed by atoms with van der Waals surface area (Å²) in [6, 6.07) is 6.25. The quantitative estimate of drug-likeness (QED) is 0.758. The lowest BCUT2D eigenvalue weighted by atomic mass is 10.2. The number of nitrogens with one attached hydrogen (secondary N) is 1. The van der Waals surface area contributed by atoms with Crippen molar-refractivity contribution in [2.75, 3.05) is 6.54 Å². The molecule has 2 rings (SSSR count). The van der Waals surface area contributed by atoms with Crippen LogP contribution >= 0.6 is 12.2 Å². The first kappa shape index (κ1) is 14.6. The van der Waals surface area contributed by atoms with E-state index in [0.717, 1.165) is 0 Å². The van der Waals surface area contributed by atoms with E-state index in [2.05, 4.69) is 9.71 Å². The summed E-state index contributed by atoms with van der Waals surface area (Å²) in [5.41, 5.74) is 6.02. The summed E-state index contributed by atoms with van der Waals surface area (Å²) >= 11 is 4.84. The van der Waals surface area contributed by atoms with Gasteiger partial charge in [0.05, 0.1) is 11.2 Å². The topological polar surface area (TPSA) is 90.0 Å². The molecule has 0 radical (unpaired) electrons. The van der Waals surface area contributed by atoms with Crippen LogP contribution in [0.1, 0.15) is 5.56 Å². The Bertz CT molecular complexity index is 696. The first-order valence-corrected chi connectivity index (χ1v) is 7.73. The van der Waals surface area contributed by atoms with Crippen molar-refractivity contribution in [3.8, 4) is 0 Å². The lowest BCUT2D eigenvalue weighted by Gasteiger charge is -2.08. The molecule has 0 aliphatic heterocycles. The van der Waals surface area contributed by atoms with Crippen molar-refractivity contribution in [1.29, 1.82) is 0 Å². The lowest BCUT2D eigenvalue weighted by Crippen LogP contribution is -2.27. The third-order valence-corrected chi connectivity index (χ3v) is 4.34. The van der Waals surface area contributed by atoms with Gasteiger partial charge in [-0.1, -0.05) is 24.4 Å². The third-order valence-electron chi connectivity index (χ3n) is 2.65. The molecule has 0 spiro atoms. The van der Waals surface area contributed by atoms with Crippen molar-refractivity contribution in [2.45, 2.75) is 11.4 Å². The summed E-state index contributed by atoms with van der Waals surface area (Å²) < 4.78 is 28.5. The molecule has 0 saturated carbocycles. The summed E-state index contributed by atoms with van der Waals surface area (Å²) in [7, 11) is -3.57. The molecule has 0 aliphatic rings. The molecular formula is C12H14N4O2S2. The molecule has 1 aromatic heterocycles. The molecule has 2 aromatic rings. The number of sulfonamides is 1. The first-order chi connectivity index (χ1) is 9.49.